The Bertz CT molecular complexity index is 891. The number of benzene rings is 1. The molecule has 9 heteroatoms. The van der Waals surface area contributed by atoms with E-state index in [4.69, 9.17) is 4.74 Å². The molecule has 0 aliphatic heterocycles. The first-order valence-electron chi connectivity index (χ1n) is 8.44. The number of nitrogens with one attached hydrogen (secondary N) is 1. The zero-order valence-electron chi connectivity index (χ0n) is 15.2. The van der Waals surface area contributed by atoms with Crippen LogP contribution in [0.4, 0.5) is 11.4 Å². The molecule has 2 aromatic heterocycles. The van der Waals surface area contributed by atoms with Crippen LogP contribution in [0, 0.1) is 10.1 Å². The maximum Gasteiger partial charge on any atom is 0.271 e. The largest absolute Gasteiger partial charge is 0.495 e. The predicted molar refractivity (Wildman–Crippen MR) is 111 cm³/mol. The molecule has 3 rings (SSSR count). The van der Waals surface area contributed by atoms with Crippen molar-refractivity contribution in [2.45, 2.75) is 13.1 Å². The van der Waals surface area contributed by atoms with E-state index in [1.165, 1.54) is 25.3 Å². The molecule has 1 N–H and O–H groups in total. The van der Waals surface area contributed by atoms with Crippen LogP contribution in [0.1, 0.15) is 9.75 Å². The fourth-order valence-electron chi connectivity index (χ4n) is 2.71. The molecule has 0 fully saturated rings. The van der Waals surface area contributed by atoms with E-state index in [9.17, 15) is 14.9 Å². The highest BCUT2D eigenvalue weighted by Gasteiger charge is 2.17. The van der Waals surface area contributed by atoms with Crippen LogP contribution in [0.5, 0.6) is 5.75 Å². The number of hydrogen-bond acceptors (Lipinski definition) is 7. The van der Waals surface area contributed by atoms with E-state index in [-0.39, 0.29) is 23.8 Å². The van der Waals surface area contributed by atoms with E-state index in [0.717, 1.165) is 9.75 Å². The Labute approximate surface area is 170 Å². The second-order valence-corrected chi connectivity index (χ2v) is 8.06. The third-order valence-corrected chi connectivity index (χ3v) is 5.68. The number of carbonyl (C=O) groups is 1. The lowest BCUT2D eigenvalue weighted by Gasteiger charge is -2.21. The summed E-state index contributed by atoms with van der Waals surface area (Å²) in [6, 6.07) is 12.2. The summed E-state index contributed by atoms with van der Waals surface area (Å²) < 4.78 is 5.21. The number of non-ortho nitro benzene ring substituents is 1. The van der Waals surface area contributed by atoms with Gasteiger partial charge in [0.05, 0.1) is 24.3 Å². The Morgan fingerprint density at radius 2 is 1.79 bits per heavy atom. The van der Waals surface area contributed by atoms with Gasteiger partial charge in [0.1, 0.15) is 5.75 Å². The lowest BCUT2D eigenvalue weighted by atomic mass is 10.2. The number of hydrogen-bond donors (Lipinski definition) is 1. The lowest BCUT2D eigenvalue weighted by Crippen LogP contribution is -2.32. The number of ether oxygens (including phenoxy) is 1. The minimum absolute atomic E-state index is 0.106. The van der Waals surface area contributed by atoms with Crippen molar-refractivity contribution in [1.82, 2.24) is 4.90 Å². The van der Waals surface area contributed by atoms with Gasteiger partial charge in [0.2, 0.25) is 5.91 Å². The predicted octanol–water partition coefficient (Wildman–Crippen LogP) is 4.37. The summed E-state index contributed by atoms with van der Waals surface area (Å²) in [6.45, 7) is 1.45. The summed E-state index contributed by atoms with van der Waals surface area (Å²) in [6.07, 6.45) is 0. The van der Waals surface area contributed by atoms with Crippen LogP contribution >= 0.6 is 22.7 Å². The number of carbonyl (C=O) groups excluding carboxylic acids is 1. The number of amides is 1. The van der Waals surface area contributed by atoms with Crippen molar-refractivity contribution in [1.29, 1.82) is 0 Å². The van der Waals surface area contributed by atoms with E-state index in [1.807, 2.05) is 39.9 Å². The second kappa shape index (κ2) is 9.45. The third-order valence-electron chi connectivity index (χ3n) is 3.95. The molecule has 0 unspecified atom stereocenters. The maximum absolute atomic E-state index is 12.7. The summed E-state index contributed by atoms with van der Waals surface area (Å²) in [4.78, 5) is 27.5. The monoisotopic (exact) mass is 417 g/mol. The standard InChI is InChI=1S/C19H19N3O4S2/c1-26-18-7-6-14(22(24)25)10-17(18)20-19(23)13-21(11-15-4-2-8-27-15)12-16-5-3-9-28-16/h2-10H,11-13H2,1H3,(H,20,23). The quantitative estimate of drug-likeness (QED) is 0.413. The Kier molecular flexibility index (Phi) is 6.75. The average molecular weight is 418 g/mol. The van der Waals surface area contributed by atoms with Crippen molar-refractivity contribution in [3.05, 3.63) is 73.1 Å². The minimum Gasteiger partial charge on any atom is -0.495 e. The molecule has 0 saturated heterocycles. The topological polar surface area (TPSA) is 84.7 Å². The van der Waals surface area contributed by atoms with Crippen molar-refractivity contribution in [3.63, 3.8) is 0 Å². The molecule has 1 aromatic carbocycles. The van der Waals surface area contributed by atoms with Crippen LogP contribution < -0.4 is 10.1 Å². The average Bonchev–Trinajstić information content (AvgIpc) is 3.35. The molecule has 1 amide bonds. The normalized spacial score (nSPS) is 10.8. The van der Waals surface area contributed by atoms with Crippen molar-refractivity contribution < 1.29 is 14.5 Å². The molecular formula is C19H19N3O4S2. The molecule has 146 valence electrons. The van der Waals surface area contributed by atoms with Crippen LogP contribution in [0.3, 0.4) is 0 Å². The Balaban J connectivity index is 1.72. The van der Waals surface area contributed by atoms with Gasteiger partial charge in [0, 0.05) is 35.0 Å². The summed E-state index contributed by atoms with van der Waals surface area (Å²) in [5.41, 5.74) is 0.180. The van der Waals surface area contributed by atoms with Gasteiger partial charge in [-0.3, -0.25) is 19.8 Å². The molecule has 0 saturated carbocycles. The van der Waals surface area contributed by atoms with Crippen LogP contribution in [0.2, 0.25) is 0 Å². The van der Waals surface area contributed by atoms with Gasteiger partial charge in [-0.2, -0.15) is 0 Å². The van der Waals surface area contributed by atoms with Gasteiger partial charge in [-0.1, -0.05) is 12.1 Å². The number of nitrogens with zero attached hydrogens (tertiary/aromatic N) is 2. The van der Waals surface area contributed by atoms with E-state index in [1.54, 1.807) is 22.7 Å². The van der Waals surface area contributed by atoms with Crippen molar-refractivity contribution in [3.8, 4) is 5.75 Å². The van der Waals surface area contributed by atoms with Crippen molar-refractivity contribution in [2.24, 2.45) is 0 Å². The van der Waals surface area contributed by atoms with Gasteiger partial charge >= 0.3 is 0 Å². The lowest BCUT2D eigenvalue weighted by molar-refractivity contribution is -0.384. The number of nitro benzene ring substituents is 1. The number of rotatable bonds is 9. The maximum atomic E-state index is 12.7. The first-order chi connectivity index (χ1) is 13.5. The van der Waals surface area contributed by atoms with Crippen molar-refractivity contribution in [2.75, 3.05) is 19.0 Å². The number of thiophene rings is 2. The molecule has 0 spiro atoms. The van der Waals surface area contributed by atoms with Gasteiger partial charge < -0.3 is 10.1 Å². The fraction of sp³-hybridized carbons (Fsp3) is 0.211. The Morgan fingerprint density at radius 3 is 2.29 bits per heavy atom. The number of anilines is 1. The van der Waals surface area contributed by atoms with E-state index in [0.29, 0.717) is 18.8 Å². The van der Waals surface area contributed by atoms with Gasteiger partial charge in [0.25, 0.3) is 5.69 Å². The molecule has 0 radical (unpaired) electrons. The first kappa shape index (κ1) is 20.0. The molecule has 3 aromatic rings. The summed E-state index contributed by atoms with van der Waals surface area (Å²) in [5, 5.41) is 17.8. The summed E-state index contributed by atoms with van der Waals surface area (Å²) in [5.74, 6) is 0.119. The molecule has 0 bridgehead atoms. The number of nitro groups is 1. The SMILES string of the molecule is COc1ccc([N+](=O)[O-])cc1NC(=O)CN(Cc1cccs1)Cc1cccs1. The van der Waals surface area contributed by atoms with Gasteiger partial charge in [-0.05, 0) is 29.0 Å². The Morgan fingerprint density at radius 1 is 1.14 bits per heavy atom. The van der Waals surface area contributed by atoms with Crippen molar-refractivity contribution >= 4 is 40.0 Å². The summed E-state index contributed by atoms with van der Waals surface area (Å²) in [7, 11) is 1.46. The molecular weight excluding hydrogens is 398 g/mol. The fourth-order valence-corrected chi connectivity index (χ4v) is 4.21. The zero-order chi connectivity index (χ0) is 19.9. The molecule has 0 aliphatic rings. The molecule has 28 heavy (non-hydrogen) atoms. The number of methoxy groups -OCH3 is 1. The first-order valence-corrected chi connectivity index (χ1v) is 10.2. The zero-order valence-corrected chi connectivity index (χ0v) is 16.8. The van der Waals surface area contributed by atoms with Crippen LogP contribution in [-0.2, 0) is 17.9 Å². The minimum atomic E-state index is -0.505. The molecule has 0 aliphatic carbocycles. The summed E-state index contributed by atoms with van der Waals surface area (Å²) >= 11 is 3.28. The van der Waals surface area contributed by atoms with E-state index in [2.05, 4.69) is 5.32 Å². The highest BCUT2D eigenvalue weighted by atomic mass is 32.1. The molecule has 0 atom stereocenters. The van der Waals surface area contributed by atoms with E-state index >= 15 is 0 Å². The van der Waals surface area contributed by atoms with Gasteiger partial charge in [0.15, 0.2) is 0 Å². The Hall–Kier alpha value is -2.75. The third kappa shape index (κ3) is 5.38. The van der Waals surface area contributed by atoms with Gasteiger partial charge in [-0.25, -0.2) is 0 Å². The van der Waals surface area contributed by atoms with Gasteiger partial charge in [-0.15, -0.1) is 22.7 Å². The highest BCUT2D eigenvalue weighted by molar-refractivity contribution is 7.10. The van der Waals surface area contributed by atoms with Crippen LogP contribution in [-0.4, -0.2) is 29.4 Å². The highest BCUT2D eigenvalue weighted by Crippen LogP contribution is 2.29. The second-order valence-electron chi connectivity index (χ2n) is 5.99. The van der Waals surface area contributed by atoms with Crippen LogP contribution in [0.15, 0.2) is 53.2 Å². The van der Waals surface area contributed by atoms with E-state index < -0.39 is 4.92 Å². The van der Waals surface area contributed by atoms with Crippen LogP contribution in [0.25, 0.3) is 0 Å². The molecule has 7 nitrogen and oxygen atoms in total. The smallest absolute Gasteiger partial charge is 0.271 e. The molecule has 2 heterocycles.